The Kier molecular flexibility index (Phi) is 8.63. The number of ether oxygens (including phenoxy) is 2. The molecule has 232 valence electrons. The number of amides is 1. The molecule has 2 aromatic heterocycles. The Bertz CT molecular complexity index is 1800. The zero-order valence-corrected chi connectivity index (χ0v) is 26.8. The molecule has 1 atom stereocenters. The first-order valence-corrected chi connectivity index (χ1v) is 14.9. The first kappa shape index (κ1) is 31.7. The zero-order valence-electron chi connectivity index (χ0n) is 25.3. The fraction of sp³-hybridized carbons (Fsp3) is 0.375. The number of nitrogens with zero attached hydrogens (tertiary/aromatic N) is 4. The van der Waals surface area contributed by atoms with E-state index in [1.807, 2.05) is 6.92 Å². The van der Waals surface area contributed by atoms with Gasteiger partial charge >= 0.3 is 5.97 Å². The topological polar surface area (TPSA) is 106 Å². The van der Waals surface area contributed by atoms with Crippen LogP contribution in [-0.4, -0.2) is 55.7 Å². The van der Waals surface area contributed by atoms with Crippen molar-refractivity contribution in [3.8, 4) is 17.0 Å². The molecule has 9 nitrogen and oxygen atoms in total. The second-order valence-electron chi connectivity index (χ2n) is 11.9. The molecule has 1 aliphatic heterocycles. The van der Waals surface area contributed by atoms with Crippen LogP contribution in [-0.2, 0) is 22.5 Å². The Morgan fingerprint density at radius 3 is 2.57 bits per heavy atom. The van der Waals surface area contributed by atoms with E-state index in [-0.39, 0.29) is 29.2 Å². The lowest BCUT2D eigenvalue weighted by Crippen LogP contribution is -2.29. The maximum Gasteiger partial charge on any atom is 0.337 e. The highest BCUT2D eigenvalue weighted by Crippen LogP contribution is 2.41. The third-order valence-corrected chi connectivity index (χ3v) is 8.19. The fourth-order valence-corrected chi connectivity index (χ4v) is 5.80. The van der Waals surface area contributed by atoms with E-state index in [9.17, 15) is 14.7 Å². The van der Waals surface area contributed by atoms with Gasteiger partial charge in [-0.1, -0.05) is 29.3 Å². The van der Waals surface area contributed by atoms with Crippen LogP contribution in [0.3, 0.4) is 0 Å². The second kappa shape index (κ2) is 12.0. The summed E-state index contributed by atoms with van der Waals surface area (Å²) in [7, 11) is 1.63. The highest BCUT2D eigenvalue weighted by molar-refractivity contribution is 6.42. The van der Waals surface area contributed by atoms with E-state index in [1.165, 1.54) is 21.5 Å². The number of halogens is 3. The van der Waals surface area contributed by atoms with Crippen LogP contribution in [0.15, 0.2) is 30.3 Å². The molecule has 0 saturated heterocycles. The largest absolute Gasteiger partial charge is 0.490 e. The van der Waals surface area contributed by atoms with Crippen molar-refractivity contribution < 1.29 is 28.6 Å². The predicted molar refractivity (Wildman–Crippen MR) is 165 cm³/mol. The maximum absolute atomic E-state index is 15.6. The Morgan fingerprint density at radius 2 is 1.91 bits per heavy atom. The van der Waals surface area contributed by atoms with Gasteiger partial charge in [0, 0.05) is 42.0 Å². The minimum absolute atomic E-state index is 0.0703. The molecular weight excluding hydrogens is 610 g/mol. The van der Waals surface area contributed by atoms with Crippen molar-refractivity contribution >= 4 is 40.7 Å². The molecule has 0 saturated carbocycles. The highest BCUT2D eigenvalue weighted by Gasteiger charge is 2.35. The van der Waals surface area contributed by atoms with E-state index >= 15 is 4.39 Å². The lowest BCUT2D eigenvalue weighted by Gasteiger charge is -2.28. The number of hydrogen-bond acceptors (Lipinski definition) is 6. The first-order valence-electron chi connectivity index (χ1n) is 14.1. The number of aryl methyl sites for hydroxylation is 1. The molecule has 0 fully saturated rings. The van der Waals surface area contributed by atoms with Crippen LogP contribution < -0.4 is 4.74 Å². The minimum atomic E-state index is -1.46. The molecule has 1 N–H and O–H groups in total. The molecule has 12 heteroatoms. The van der Waals surface area contributed by atoms with Gasteiger partial charge in [-0.25, -0.2) is 18.7 Å². The van der Waals surface area contributed by atoms with Gasteiger partial charge in [-0.2, -0.15) is 5.10 Å². The Labute approximate surface area is 264 Å². The molecule has 0 aliphatic carbocycles. The number of carboxylic acids is 1. The van der Waals surface area contributed by atoms with Gasteiger partial charge in [0.05, 0.1) is 27.9 Å². The molecule has 0 bridgehead atoms. The molecule has 1 amide bonds. The van der Waals surface area contributed by atoms with E-state index < -0.39 is 29.4 Å². The van der Waals surface area contributed by atoms with Gasteiger partial charge < -0.3 is 19.5 Å². The number of fused-ring (bicyclic) bond motifs is 2. The van der Waals surface area contributed by atoms with Gasteiger partial charge in [0.2, 0.25) is 0 Å². The number of hydrogen-bond donors (Lipinski definition) is 1. The van der Waals surface area contributed by atoms with Gasteiger partial charge in [-0.15, -0.1) is 0 Å². The van der Waals surface area contributed by atoms with Crippen molar-refractivity contribution in [3.63, 3.8) is 0 Å². The van der Waals surface area contributed by atoms with Crippen molar-refractivity contribution in [2.24, 2.45) is 0 Å². The van der Waals surface area contributed by atoms with E-state index in [0.717, 1.165) is 5.56 Å². The summed E-state index contributed by atoms with van der Waals surface area (Å²) in [5, 5.41) is 15.8. The number of carbonyl (C=O) groups is 2. The Hall–Kier alpha value is -3.73. The number of aromatic nitrogens is 3. The summed E-state index contributed by atoms with van der Waals surface area (Å²) in [6, 6.07) is 7.97. The Morgan fingerprint density at radius 1 is 1.18 bits per heavy atom. The van der Waals surface area contributed by atoms with Crippen LogP contribution in [0.5, 0.6) is 5.75 Å². The smallest absolute Gasteiger partial charge is 0.337 e. The number of carboxylic acid groups (broad SMARTS) is 1. The monoisotopic (exact) mass is 642 g/mol. The van der Waals surface area contributed by atoms with Crippen LogP contribution in [0.4, 0.5) is 4.39 Å². The molecule has 0 spiro atoms. The average molecular weight is 644 g/mol. The molecular formula is C32H33Cl2FN4O5. The van der Waals surface area contributed by atoms with Crippen LogP contribution in [0.2, 0.25) is 10.0 Å². The molecule has 44 heavy (non-hydrogen) atoms. The van der Waals surface area contributed by atoms with Crippen molar-refractivity contribution in [3.05, 3.63) is 79.8 Å². The highest BCUT2D eigenvalue weighted by atomic mass is 35.5. The van der Waals surface area contributed by atoms with E-state index in [0.29, 0.717) is 57.5 Å². The standard InChI is InChI=1S/C32H33Cl2FN4O5/c1-16-19-8-7-11-43-28(19)23(35)13-20(16)27-26(29(31(41)42)44-32(3,4)5)17(2)36-25-14-24(37-39(25)27)30(40)38(6)15-18-9-10-21(33)22(34)12-18/h9-10,12-14,29H,7-8,11,15H2,1-6H3,(H,41,42)/t29-/m0/s1. The number of carbonyl (C=O) groups excluding carboxylic acids is 1. The van der Waals surface area contributed by atoms with E-state index in [1.54, 1.807) is 52.9 Å². The lowest BCUT2D eigenvalue weighted by molar-refractivity contribution is -0.160. The SMILES string of the molecule is Cc1nc2cc(C(=O)N(C)Cc3ccc(Cl)c(Cl)c3)nn2c(-c2cc(F)c3c(c2C)CCCO3)c1[C@H](OC(C)(C)C)C(=O)O. The zero-order chi connectivity index (χ0) is 32.1. The van der Waals surface area contributed by atoms with Gasteiger partial charge in [0.1, 0.15) is 0 Å². The number of rotatable bonds is 7. The van der Waals surface area contributed by atoms with Gasteiger partial charge in [0.15, 0.2) is 29.0 Å². The van der Waals surface area contributed by atoms with Gasteiger partial charge in [-0.05, 0) is 76.8 Å². The average Bonchev–Trinajstić information content (AvgIpc) is 3.37. The summed E-state index contributed by atoms with van der Waals surface area (Å²) in [6.07, 6.45) is -0.153. The summed E-state index contributed by atoms with van der Waals surface area (Å²) < 4.78 is 28.7. The summed E-state index contributed by atoms with van der Waals surface area (Å²) in [4.78, 5) is 32.4. The summed E-state index contributed by atoms with van der Waals surface area (Å²) in [5.41, 5.74) is 2.95. The molecule has 3 heterocycles. The van der Waals surface area contributed by atoms with Crippen LogP contribution in [0.1, 0.15) is 71.7 Å². The lowest BCUT2D eigenvalue weighted by atomic mass is 9.91. The molecule has 0 radical (unpaired) electrons. The number of aliphatic carboxylic acids is 1. The summed E-state index contributed by atoms with van der Waals surface area (Å²) >= 11 is 12.2. The molecule has 4 aromatic rings. The minimum Gasteiger partial charge on any atom is -0.490 e. The predicted octanol–water partition coefficient (Wildman–Crippen LogP) is 7.00. The third-order valence-electron chi connectivity index (χ3n) is 7.45. The van der Waals surface area contributed by atoms with Crippen molar-refractivity contribution in [1.29, 1.82) is 0 Å². The van der Waals surface area contributed by atoms with Gasteiger partial charge in [0.25, 0.3) is 5.91 Å². The normalized spacial score (nSPS) is 13.8. The van der Waals surface area contributed by atoms with E-state index in [2.05, 4.69) is 10.1 Å². The van der Waals surface area contributed by atoms with E-state index in [4.69, 9.17) is 32.7 Å². The fourth-order valence-electron chi connectivity index (χ4n) is 5.48. The van der Waals surface area contributed by atoms with Crippen LogP contribution >= 0.6 is 23.2 Å². The van der Waals surface area contributed by atoms with Crippen molar-refractivity contribution in [1.82, 2.24) is 19.5 Å². The van der Waals surface area contributed by atoms with Crippen LogP contribution in [0, 0.1) is 19.7 Å². The van der Waals surface area contributed by atoms with Gasteiger partial charge in [-0.3, -0.25) is 4.79 Å². The third kappa shape index (κ3) is 6.11. The molecule has 5 rings (SSSR count). The quantitative estimate of drug-likeness (QED) is 0.231. The molecule has 0 unspecified atom stereocenters. The summed E-state index contributed by atoms with van der Waals surface area (Å²) in [5.74, 6) is -2.02. The molecule has 2 aromatic carbocycles. The Balaban J connectivity index is 1.71. The van der Waals surface area contributed by atoms with Crippen molar-refractivity contribution in [2.45, 2.75) is 65.7 Å². The maximum atomic E-state index is 15.6. The summed E-state index contributed by atoms with van der Waals surface area (Å²) in [6.45, 7) is 9.39. The number of benzene rings is 2. The molecule has 1 aliphatic rings. The second-order valence-corrected chi connectivity index (χ2v) is 12.7. The van der Waals surface area contributed by atoms with Crippen LogP contribution in [0.25, 0.3) is 16.9 Å². The first-order chi connectivity index (χ1) is 20.7. The van der Waals surface area contributed by atoms with Crippen molar-refractivity contribution in [2.75, 3.05) is 13.7 Å².